The number of hydrogen-bond donors (Lipinski definition) is 3. The first kappa shape index (κ1) is 21.3. The lowest BCUT2D eigenvalue weighted by atomic mass is 10.0. The highest BCUT2D eigenvalue weighted by Gasteiger charge is 2.22. The normalized spacial score (nSPS) is 12.5. The van der Waals surface area contributed by atoms with Gasteiger partial charge in [-0.2, -0.15) is 5.10 Å². The number of aromatic nitrogens is 3. The Morgan fingerprint density at radius 1 is 1.20 bits per heavy atom. The second-order valence-corrected chi connectivity index (χ2v) is 7.15. The number of aliphatic hydroxyl groups excluding tert-OH is 1. The van der Waals surface area contributed by atoms with Crippen molar-refractivity contribution in [3.05, 3.63) is 47.3 Å². The van der Waals surface area contributed by atoms with Crippen LogP contribution in [0.4, 0.5) is 0 Å². The summed E-state index contributed by atoms with van der Waals surface area (Å²) in [4.78, 5) is 17.0. The fourth-order valence-electron chi connectivity index (χ4n) is 3.07. The van der Waals surface area contributed by atoms with E-state index in [4.69, 9.17) is 9.47 Å². The molecule has 0 spiro atoms. The van der Waals surface area contributed by atoms with Crippen LogP contribution in [0, 0.1) is 5.92 Å². The molecule has 0 fully saturated rings. The molecule has 0 saturated carbocycles. The average Bonchev–Trinajstić information content (AvgIpc) is 3.18. The number of H-pyrrole nitrogens is 1. The molecule has 3 aromatic rings. The first-order chi connectivity index (χ1) is 14.5. The molecular weight excluding hydrogens is 384 g/mol. The molecule has 8 heteroatoms. The number of carbonyl (C=O) groups is 1. The molecule has 8 nitrogen and oxygen atoms in total. The van der Waals surface area contributed by atoms with Crippen molar-refractivity contribution in [2.24, 2.45) is 5.92 Å². The number of nitrogens with zero attached hydrogens (tertiary/aromatic N) is 2. The molecule has 0 aliphatic carbocycles. The molecule has 0 aliphatic heterocycles. The predicted octanol–water partition coefficient (Wildman–Crippen LogP) is 2.89. The molecule has 30 heavy (non-hydrogen) atoms. The lowest BCUT2D eigenvalue weighted by Gasteiger charge is -2.20. The minimum atomic E-state index is -0.343. The van der Waals surface area contributed by atoms with Gasteiger partial charge in [-0.05, 0) is 35.8 Å². The Morgan fingerprint density at radius 2 is 2.00 bits per heavy atom. The summed E-state index contributed by atoms with van der Waals surface area (Å²) in [5.41, 5.74) is 2.64. The average molecular weight is 410 g/mol. The monoisotopic (exact) mass is 410 g/mol. The van der Waals surface area contributed by atoms with E-state index in [0.717, 1.165) is 11.1 Å². The molecule has 3 rings (SSSR count). The Bertz CT molecular complexity index is 1040. The summed E-state index contributed by atoms with van der Waals surface area (Å²) < 4.78 is 10.7. The van der Waals surface area contributed by atoms with Gasteiger partial charge in [0.05, 0.1) is 49.0 Å². The molecule has 3 N–H and O–H groups in total. The van der Waals surface area contributed by atoms with Crippen molar-refractivity contribution >= 4 is 29.0 Å². The molecule has 2 aromatic heterocycles. The molecule has 0 bridgehead atoms. The van der Waals surface area contributed by atoms with Crippen molar-refractivity contribution in [3.8, 4) is 11.6 Å². The smallest absolute Gasteiger partial charge is 0.255 e. The molecule has 158 valence electrons. The van der Waals surface area contributed by atoms with Crippen LogP contribution in [0.1, 0.15) is 35.5 Å². The van der Waals surface area contributed by atoms with E-state index in [0.29, 0.717) is 28.3 Å². The second kappa shape index (κ2) is 9.41. The summed E-state index contributed by atoms with van der Waals surface area (Å²) >= 11 is 0. The zero-order valence-corrected chi connectivity index (χ0v) is 17.5. The van der Waals surface area contributed by atoms with E-state index in [9.17, 15) is 9.90 Å². The Morgan fingerprint density at radius 3 is 2.60 bits per heavy atom. The summed E-state index contributed by atoms with van der Waals surface area (Å²) in [5, 5.41) is 20.4. The Hall–Kier alpha value is -3.39. The van der Waals surface area contributed by atoms with Gasteiger partial charge in [0, 0.05) is 12.3 Å². The van der Waals surface area contributed by atoms with E-state index in [1.165, 1.54) is 7.11 Å². The summed E-state index contributed by atoms with van der Waals surface area (Å²) in [6, 6.07) is 6.79. The molecule has 0 radical (unpaired) electrons. The summed E-state index contributed by atoms with van der Waals surface area (Å²) in [7, 11) is 3.09. The van der Waals surface area contributed by atoms with Gasteiger partial charge < -0.3 is 19.9 Å². The third kappa shape index (κ3) is 4.44. The van der Waals surface area contributed by atoms with E-state index in [1.807, 2.05) is 32.1 Å². The first-order valence-electron chi connectivity index (χ1n) is 9.63. The van der Waals surface area contributed by atoms with Crippen molar-refractivity contribution in [2.75, 3.05) is 20.8 Å². The van der Waals surface area contributed by atoms with Crippen molar-refractivity contribution in [2.45, 2.75) is 19.9 Å². The van der Waals surface area contributed by atoms with E-state index in [2.05, 4.69) is 20.5 Å². The van der Waals surface area contributed by atoms with Crippen LogP contribution >= 0.6 is 0 Å². The minimum Gasteiger partial charge on any atom is -0.495 e. The first-order valence-corrected chi connectivity index (χ1v) is 9.63. The van der Waals surface area contributed by atoms with Gasteiger partial charge in [-0.1, -0.05) is 19.9 Å². The van der Waals surface area contributed by atoms with Crippen LogP contribution in [0.3, 0.4) is 0 Å². The minimum absolute atomic E-state index is 0.0965. The van der Waals surface area contributed by atoms with Crippen LogP contribution in [0.25, 0.3) is 23.1 Å². The van der Waals surface area contributed by atoms with E-state index in [1.54, 1.807) is 31.5 Å². The van der Waals surface area contributed by atoms with Crippen molar-refractivity contribution in [1.82, 2.24) is 20.5 Å². The maximum atomic E-state index is 12.8. The zero-order valence-electron chi connectivity index (χ0n) is 17.5. The number of rotatable bonds is 8. The lowest BCUT2D eigenvalue weighted by Crippen LogP contribution is -2.41. The van der Waals surface area contributed by atoms with E-state index >= 15 is 0 Å². The number of amides is 1. The molecular formula is C22H26N4O4. The number of nitrogens with one attached hydrogen (secondary N) is 2. The van der Waals surface area contributed by atoms with Gasteiger partial charge in [-0.25, -0.2) is 4.98 Å². The second-order valence-electron chi connectivity index (χ2n) is 7.15. The number of carbonyl (C=O) groups excluding carboxylic acids is 1. The molecule has 2 heterocycles. The van der Waals surface area contributed by atoms with Crippen molar-refractivity contribution in [3.63, 3.8) is 0 Å². The number of pyridine rings is 1. The zero-order chi connectivity index (χ0) is 21.7. The summed E-state index contributed by atoms with van der Waals surface area (Å²) in [5.74, 6) is 0.750. The largest absolute Gasteiger partial charge is 0.495 e. The predicted molar refractivity (Wildman–Crippen MR) is 116 cm³/mol. The Balaban J connectivity index is 1.96. The van der Waals surface area contributed by atoms with E-state index in [-0.39, 0.29) is 24.5 Å². The van der Waals surface area contributed by atoms with Gasteiger partial charge in [-0.15, -0.1) is 0 Å². The van der Waals surface area contributed by atoms with Crippen LogP contribution < -0.4 is 14.8 Å². The van der Waals surface area contributed by atoms with Gasteiger partial charge in [0.2, 0.25) is 5.88 Å². The maximum absolute atomic E-state index is 12.8. The lowest BCUT2D eigenvalue weighted by molar-refractivity contribution is 0.0894. The van der Waals surface area contributed by atoms with E-state index < -0.39 is 0 Å². The number of hydrogen-bond acceptors (Lipinski definition) is 6. The Kier molecular flexibility index (Phi) is 6.68. The fraction of sp³-hybridized carbons (Fsp3) is 0.318. The number of benzene rings is 1. The molecule has 0 unspecified atom stereocenters. The third-order valence-corrected chi connectivity index (χ3v) is 4.88. The van der Waals surface area contributed by atoms with Crippen molar-refractivity contribution < 1.29 is 19.4 Å². The van der Waals surface area contributed by atoms with Crippen LogP contribution in [0.2, 0.25) is 0 Å². The number of methoxy groups -OCH3 is 2. The van der Waals surface area contributed by atoms with Gasteiger partial charge in [-0.3, -0.25) is 9.89 Å². The van der Waals surface area contributed by atoms with Gasteiger partial charge in [0.15, 0.2) is 0 Å². The number of fused-ring (bicyclic) bond motifs is 1. The topological polar surface area (TPSA) is 109 Å². The maximum Gasteiger partial charge on any atom is 0.255 e. The number of aliphatic hydroxyl groups is 1. The highest BCUT2D eigenvalue weighted by molar-refractivity contribution is 6.05. The molecule has 0 saturated heterocycles. The summed E-state index contributed by atoms with van der Waals surface area (Å²) in [6.07, 6.45) is 5.40. The van der Waals surface area contributed by atoms with Gasteiger partial charge >= 0.3 is 0 Å². The third-order valence-electron chi connectivity index (χ3n) is 4.88. The number of aromatic amines is 1. The van der Waals surface area contributed by atoms with Gasteiger partial charge in [0.25, 0.3) is 5.91 Å². The molecule has 1 amide bonds. The standard InChI is InChI=1S/C22H26N4O4/c1-13(2)18(12-27)24-22(28)15-7-9-17-20(21(15)30-4)16(25-26-17)8-5-14-6-10-19(29-3)23-11-14/h5-11,13,18,27H,12H2,1-4H3,(H,24,28)(H,25,26)/b8-5+/t18-/m1/s1. The fourth-order valence-corrected chi connectivity index (χ4v) is 3.07. The molecule has 0 aliphatic rings. The van der Waals surface area contributed by atoms with Crippen LogP contribution in [-0.2, 0) is 0 Å². The number of ether oxygens (including phenoxy) is 2. The highest BCUT2D eigenvalue weighted by atomic mass is 16.5. The SMILES string of the molecule is COc1ccc(/C=C/c2n[nH]c3ccc(C(=O)N[C@H](CO)C(C)C)c(OC)c23)cn1. The van der Waals surface area contributed by atoms with Crippen molar-refractivity contribution in [1.29, 1.82) is 0 Å². The molecule has 1 aromatic carbocycles. The van der Waals surface area contributed by atoms with Crippen LogP contribution in [-0.4, -0.2) is 53.1 Å². The van der Waals surface area contributed by atoms with Gasteiger partial charge in [0.1, 0.15) is 5.75 Å². The Labute approximate surface area is 174 Å². The van der Waals surface area contributed by atoms with Crippen LogP contribution in [0.15, 0.2) is 30.5 Å². The highest BCUT2D eigenvalue weighted by Crippen LogP contribution is 2.32. The van der Waals surface area contributed by atoms with Crippen LogP contribution in [0.5, 0.6) is 11.6 Å². The summed E-state index contributed by atoms with van der Waals surface area (Å²) in [6.45, 7) is 3.74. The molecule has 1 atom stereocenters. The quantitative estimate of drug-likeness (QED) is 0.527.